The molecule has 0 amide bonds. The van der Waals surface area contributed by atoms with E-state index in [4.69, 9.17) is 23.5 Å². The smallest absolute Gasteiger partial charge is 0.303 e. The van der Waals surface area contributed by atoms with E-state index in [-0.39, 0.29) is 13.0 Å². The Hall–Kier alpha value is -3.05. The van der Waals surface area contributed by atoms with Crippen molar-refractivity contribution in [1.82, 2.24) is 5.16 Å². The molecule has 0 bridgehead atoms. The van der Waals surface area contributed by atoms with E-state index in [9.17, 15) is 19.8 Å². The van der Waals surface area contributed by atoms with Crippen LogP contribution in [0.1, 0.15) is 66.6 Å². The summed E-state index contributed by atoms with van der Waals surface area (Å²) < 4.78 is 29.6. The number of hydrogen-bond acceptors (Lipinski definition) is 10. The highest BCUT2D eigenvalue weighted by atomic mass is 16.6. The predicted molar refractivity (Wildman–Crippen MR) is 156 cm³/mol. The monoisotopic (exact) mass is 597 g/mol. The van der Waals surface area contributed by atoms with Crippen LogP contribution < -0.4 is 4.74 Å². The number of carbonyl (C=O) groups excluding carboxylic acids is 2. The molecule has 1 saturated heterocycles. The highest BCUT2D eigenvalue weighted by Crippen LogP contribution is 2.67. The van der Waals surface area contributed by atoms with Crippen LogP contribution in [-0.2, 0) is 30.4 Å². The first-order chi connectivity index (χ1) is 20.1. The maximum atomic E-state index is 14.3. The first kappa shape index (κ1) is 31.4. The van der Waals surface area contributed by atoms with Crippen LogP contribution in [0.15, 0.2) is 47.5 Å². The lowest BCUT2D eigenvalue weighted by Gasteiger charge is -2.71. The quantitative estimate of drug-likeness (QED) is 0.349. The Bertz CT molecular complexity index is 1400. The summed E-state index contributed by atoms with van der Waals surface area (Å²) in [7, 11) is 1.60. The third kappa shape index (κ3) is 4.65. The second-order valence-corrected chi connectivity index (χ2v) is 13.6. The van der Waals surface area contributed by atoms with Crippen LogP contribution in [0.3, 0.4) is 0 Å². The maximum Gasteiger partial charge on any atom is 0.303 e. The van der Waals surface area contributed by atoms with Crippen molar-refractivity contribution >= 4 is 11.8 Å². The molecule has 2 aromatic rings. The summed E-state index contributed by atoms with van der Waals surface area (Å²) >= 11 is 0. The Kier molecular flexibility index (Phi) is 7.69. The van der Waals surface area contributed by atoms with Gasteiger partial charge in [-0.2, -0.15) is 0 Å². The summed E-state index contributed by atoms with van der Waals surface area (Å²) in [4.78, 5) is 26.6. The Labute approximate surface area is 252 Å². The molecule has 2 heterocycles. The molecule has 10 heteroatoms. The van der Waals surface area contributed by atoms with Crippen LogP contribution in [0.25, 0.3) is 11.3 Å². The van der Waals surface area contributed by atoms with Gasteiger partial charge in [-0.15, -0.1) is 6.58 Å². The Morgan fingerprint density at radius 2 is 1.86 bits per heavy atom. The van der Waals surface area contributed by atoms with E-state index in [1.807, 2.05) is 38.1 Å². The van der Waals surface area contributed by atoms with Crippen molar-refractivity contribution in [2.24, 2.45) is 16.7 Å². The fourth-order valence-electron chi connectivity index (χ4n) is 8.36. The van der Waals surface area contributed by atoms with Gasteiger partial charge in [-0.1, -0.05) is 32.0 Å². The van der Waals surface area contributed by atoms with Crippen LogP contribution in [0.4, 0.5) is 0 Å². The molecule has 2 saturated carbocycles. The first-order valence-electron chi connectivity index (χ1n) is 14.7. The number of ether oxygens (including phenoxy) is 4. The van der Waals surface area contributed by atoms with E-state index in [0.717, 1.165) is 11.3 Å². The van der Waals surface area contributed by atoms with Crippen LogP contribution in [0, 0.1) is 16.7 Å². The lowest BCUT2D eigenvalue weighted by molar-refractivity contribution is -0.373. The summed E-state index contributed by atoms with van der Waals surface area (Å²) in [6, 6.07) is 9.20. The fraction of sp³-hybridized carbons (Fsp3) is 0.606. The standard InChI is InChI=1S/C33H43NO9/c1-9-30(5)17-24(36)33(38)31(6)25(40-18-22-16-23(34-42-22)20-10-12-21(39-8)13-11-20)14-15-29(3,4)27(31)26(37)28(41-19(2)35)32(33,7)43-30/h9-13,16,25-28,37-38H,1,14-15,17-18H2,2-8H3/t25-,26-,27-,28-,30-,31-,32+,33-/m0/s1. The Balaban J connectivity index is 1.54. The van der Waals surface area contributed by atoms with Crippen LogP contribution in [-0.4, -0.2) is 69.3 Å². The molecule has 8 atom stereocenters. The highest BCUT2D eigenvalue weighted by Gasteiger charge is 2.81. The molecule has 0 spiro atoms. The summed E-state index contributed by atoms with van der Waals surface area (Å²) in [6.07, 6.45) is -0.809. The molecule has 234 valence electrons. The zero-order chi connectivity index (χ0) is 31.6. The fourth-order valence-corrected chi connectivity index (χ4v) is 8.36. The highest BCUT2D eigenvalue weighted by molar-refractivity contribution is 5.92. The van der Waals surface area contributed by atoms with Crippen molar-refractivity contribution in [2.45, 2.75) is 103 Å². The molecule has 43 heavy (non-hydrogen) atoms. The zero-order valence-electron chi connectivity index (χ0n) is 26.0. The number of aliphatic hydroxyl groups excluding tert-OH is 1. The lowest BCUT2D eigenvalue weighted by atomic mass is 9.39. The van der Waals surface area contributed by atoms with E-state index >= 15 is 0 Å². The molecule has 0 radical (unpaired) electrons. The molecular formula is C33H43NO9. The number of methoxy groups -OCH3 is 1. The van der Waals surface area contributed by atoms with Crippen molar-refractivity contribution in [3.05, 3.63) is 48.7 Å². The third-order valence-corrected chi connectivity index (χ3v) is 10.4. The van der Waals surface area contributed by atoms with E-state index in [0.29, 0.717) is 24.3 Å². The molecular weight excluding hydrogens is 554 g/mol. The van der Waals surface area contributed by atoms with E-state index in [1.54, 1.807) is 33.9 Å². The van der Waals surface area contributed by atoms with Crippen molar-refractivity contribution in [2.75, 3.05) is 7.11 Å². The van der Waals surface area contributed by atoms with E-state index in [2.05, 4.69) is 11.7 Å². The minimum Gasteiger partial charge on any atom is -0.497 e. The minimum atomic E-state index is -2.19. The lowest BCUT2D eigenvalue weighted by Crippen LogP contribution is -2.86. The minimum absolute atomic E-state index is 0.0201. The van der Waals surface area contributed by atoms with E-state index in [1.165, 1.54) is 13.0 Å². The summed E-state index contributed by atoms with van der Waals surface area (Å²) in [5.41, 5.74) is -5.60. The normalized spacial score (nSPS) is 38.5. The van der Waals surface area contributed by atoms with Crippen molar-refractivity contribution in [3.8, 4) is 17.0 Å². The molecule has 10 nitrogen and oxygen atoms in total. The van der Waals surface area contributed by atoms with Gasteiger partial charge in [0, 0.05) is 36.3 Å². The zero-order valence-corrected chi connectivity index (χ0v) is 26.0. The molecule has 3 fully saturated rings. The SMILES string of the molecule is C=C[C@@]1(C)CC(=O)[C@]2(O)[C@@]3(C)[C@@H](OCc4cc(-c5ccc(OC)cc5)no4)CCC(C)(C)[C@@H]3[C@H](O)[C@H](OC(C)=O)[C@@]2(C)O1. The van der Waals surface area contributed by atoms with Gasteiger partial charge in [0.2, 0.25) is 0 Å². The first-order valence-corrected chi connectivity index (χ1v) is 14.7. The van der Waals surface area contributed by atoms with Gasteiger partial charge in [0.05, 0.1) is 24.9 Å². The number of fused-ring (bicyclic) bond motifs is 3. The van der Waals surface area contributed by atoms with Gasteiger partial charge in [0.25, 0.3) is 0 Å². The number of nitrogens with zero attached hydrogens (tertiary/aromatic N) is 1. The van der Waals surface area contributed by atoms with Crippen LogP contribution in [0.5, 0.6) is 5.75 Å². The average molecular weight is 598 g/mol. The Morgan fingerprint density at radius 3 is 2.47 bits per heavy atom. The number of aromatic nitrogens is 1. The molecule has 3 aliphatic rings. The van der Waals surface area contributed by atoms with Gasteiger partial charge in [-0.3, -0.25) is 9.59 Å². The van der Waals surface area contributed by atoms with Crippen molar-refractivity contribution in [3.63, 3.8) is 0 Å². The van der Waals surface area contributed by atoms with Gasteiger partial charge < -0.3 is 33.7 Å². The van der Waals surface area contributed by atoms with Gasteiger partial charge in [-0.25, -0.2) is 0 Å². The summed E-state index contributed by atoms with van der Waals surface area (Å²) in [6.45, 7) is 14.1. The molecule has 1 aromatic heterocycles. The summed E-state index contributed by atoms with van der Waals surface area (Å²) in [5.74, 6) is -0.647. The van der Waals surface area contributed by atoms with Crippen LogP contribution >= 0.6 is 0 Å². The number of carbonyl (C=O) groups is 2. The van der Waals surface area contributed by atoms with Gasteiger partial charge in [0.15, 0.2) is 23.2 Å². The second kappa shape index (κ2) is 10.5. The second-order valence-electron chi connectivity index (χ2n) is 13.6. The maximum absolute atomic E-state index is 14.3. The molecule has 1 aliphatic heterocycles. The number of aliphatic hydroxyl groups is 2. The van der Waals surface area contributed by atoms with Gasteiger partial charge in [-0.05, 0) is 56.4 Å². The topological polar surface area (TPSA) is 138 Å². The predicted octanol–water partition coefficient (Wildman–Crippen LogP) is 4.41. The number of rotatable bonds is 7. The number of esters is 1. The van der Waals surface area contributed by atoms with Gasteiger partial charge >= 0.3 is 5.97 Å². The molecule has 2 N–H and O–H groups in total. The third-order valence-electron chi connectivity index (χ3n) is 10.4. The average Bonchev–Trinajstić information content (AvgIpc) is 3.42. The largest absolute Gasteiger partial charge is 0.497 e. The molecule has 0 unspecified atom stereocenters. The Morgan fingerprint density at radius 1 is 1.19 bits per heavy atom. The van der Waals surface area contributed by atoms with Gasteiger partial charge in [0.1, 0.15) is 23.7 Å². The van der Waals surface area contributed by atoms with Crippen LogP contribution in [0.2, 0.25) is 0 Å². The number of ketones is 1. The molecule has 2 aliphatic carbocycles. The van der Waals surface area contributed by atoms with Crippen molar-refractivity contribution < 1.29 is 43.3 Å². The molecule has 5 rings (SSSR count). The van der Waals surface area contributed by atoms with E-state index < -0.39 is 63.6 Å². The number of hydrogen-bond donors (Lipinski definition) is 2. The number of Topliss-reactive ketones (excluding diaryl/α,β-unsaturated/α-hetero) is 1. The summed E-state index contributed by atoms with van der Waals surface area (Å²) in [5, 5.41) is 29.1. The van der Waals surface area contributed by atoms with Crippen molar-refractivity contribution in [1.29, 1.82) is 0 Å². The number of benzene rings is 1. The molecule has 1 aromatic carbocycles.